The second kappa shape index (κ2) is 6.62. The van der Waals surface area contributed by atoms with Gasteiger partial charge in [0.05, 0.1) is 10.0 Å². The molecule has 0 saturated carbocycles. The van der Waals surface area contributed by atoms with Crippen molar-refractivity contribution in [2.24, 2.45) is 0 Å². The maximum absolute atomic E-state index is 5.99. The molecule has 0 aliphatic rings. The van der Waals surface area contributed by atoms with Gasteiger partial charge in [0.1, 0.15) is 0 Å². The van der Waals surface area contributed by atoms with Gasteiger partial charge in [-0.3, -0.25) is 0 Å². The van der Waals surface area contributed by atoms with Gasteiger partial charge in [0, 0.05) is 17.6 Å². The highest BCUT2D eigenvalue weighted by Crippen LogP contribution is 2.23. The molecular formula is C15H14Cl3N. The van der Waals surface area contributed by atoms with E-state index < -0.39 is 0 Å². The Morgan fingerprint density at radius 1 is 0.947 bits per heavy atom. The smallest absolute Gasteiger partial charge is 0.0595 e. The molecule has 19 heavy (non-hydrogen) atoms. The highest BCUT2D eigenvalue weighted by molar-refractivity contribution is 6.42. The average molecular weight is 315 g/mol. The van der Waals surface area contributed by atoms with Crippen molar-refractivity contribution < 1.29 is 0 Å². The third-order valence-electron chi connectivity index (χ3n) is 2.97. The summed E-state index contributed by atoms with van der Waals surface area (Å²) in [6, 6.07) is 13.7. The van der Waals surface area contributed by atoms with Crippen molar-refractivity contribution in [2.45, 2.75) is 19.5 Å². The number of hydrogen-bond acceptors (Lipinski definition) is 1. The number of benzene rings is 2. The predicted octanol–water partition coefficient (Wildman–Crippen LogP) is 5.50. The average Bonchev–Trinajstić information content (AvgIpc) is 2.40. The normalized spacial score (nSPS) is 12.4. The third-order valence-corrected chi connectivity index (χ3v) is 3.96. The van der Waals surface area contributed by atoms with E-state index in [9.17, 15) is 0 Å². The summed E-state index contributed by atoms with van der Waals surface area (Å²) in [5, 5.41) is 5.35. The summed E-state index contributed by atoms with van der Waals surface area (Å²) < 4.78 is 0. The molecule has 0 aliphatic heterocycles. The Morgan fingerprint density at radius 3 is 2.26 bits per heavy atom. The Labute approximate surface area is 128 Å². The first-order valence-corrected chi connectivity index (χ1v) is 7.12. The molecule has 1 nitrogen and oxygen atoms in total. The highest BCUT2D eigenvalue weighted by atomic mass is 35.5. The Bertz CT molecular complexity index is 552. The first kappa shape index (κ1) is 14.7. The van der Waals surface area contributed by atoms with Gasteiger partial charge in [-0.2, -0.15) is 0 Å². The molecule has 100 valence electrons. The van der Waals surface area contributed by atoms with Crippen LogP contribution in [-0.2, 0) is 6.54 Å². The SMILES string of the molecule is C[C@H](NCc1ccc(Cl)c(Cl)c1)c1ccc(Cl)cc1. The van der Waals surface area contributed by atoms with Gasteiger partial charge < -0.3 is 5.32 Å². The van der Waals surface area contributed by atoms with Gasteiger partial charge in [-0.25, -0.2) is 0 Å². The first-order chi connectivity index (χ1) is 9.06. The second-order valence-corrected chi connectivity index (χ2v) is 5.65. The quantitative estimate of drug-likeness (QED) is 0.786. The molecule has 0 saturated heterocycles. The zero-order valence-corrected chi connectivity index (χ0v) is 12.7. The van der Waals surface area contributed by atoms with Gasteiger partial charge in [0.25, 0.3) is 0 Å². The van der Waals surface area contributed by atoms with Crippen LogP contribution in [0.1, 0.15) is 24.1 Å². The predicted molar refractivity (Wildman–Crippen MR) is 83.2 cm³/mol. The molecule has 0 amide bonds. The second-order valence-electron chi connectivity index (χ2n) is 4.40. The molecule has 1 N–H and O–H groups in total. The lowest BCUT2D eigenvalue weighted by Gasteiger charge is -2.14. The van der Waals surface area contributed by atoms with Crippen molar-refractivity contribution in [1.82, 2.24) is 5.32 Å². The van der Waals surface area contributed by atoms with Crippen molar-refractivity contribution in [3.8, 4) is 0 Å². The molecule has 4 heteroatoms. The van der Waals surface area contributed by atoms with E-state index in [4.69, 9.17) is 34.8 Å². The maximum Gasteiger partial charge on any atom is 0.0595 e. The molecule has 0 radical (unpaired) electrons. The minimum Gasteiger partial charge on any atom is -0.306 e. The molecule has 1 atom stereocenters. The van der Waals surface area contributed by atoms with E-state index in [1.807, 2.05) is 42.5 Å². The van der Waals surface area contributed by atoms with Crippen LogP contribution in [-0.4, -0.2) is 0 Å². The van der Waals surface area contributed by atoms with Crippen molar-refractivity contribution in [3.05, 3.63) is 68.7 Å². The first-order valence-electron chi connectivity index (χ1n) is 5.99. The van der Waals surface area contributed by atoms with Crippen LogP contribution in [0.5, 0.6) is 0 Å². The molecule has 0 unspecified atom stereocenters. The minimum atomic E-state index is 0.242. The fourth-order valence-corrected chi connectivity index (χ4v) is 2.24. The van der Waals surface area contributed by atoms with E-state index in [2.05, 4.69) is 12.2 Å². The van der Waals surface area contributed by atoms with E-state index in [0.717, 1.165) is 17.1 Å². The Balaban J connectivity index is 1.98. The molecule has 0 bridgehead atoms. The zero-order valence-electron chi connectivity index (χ0n) is 10.5. The van der Waals surface area contributed by atoms with Crippen LogP contribution in [0.25, 0.3) is 0 Å². The number of nitrogens with one attached hydrogen (secondary N) is 1. The molecule has 2 aromatic rings. The van der Waals surface area contributed by atoms with Crippen molar-refractivity contribution in [1.29, 1.82) is 0 Å². The molecule has 0 aromatic heterocycles. The van der Waals surface area contributed by atoms with Crippen molar-refractivity contribution >= 4 is 34.8 Å². The highest BCUT2D eigenvalue weighted by Gasteiger charge is 2.05. The van der Waals surface area contributed by atoms with Gasteiger partial charge in [-0.15, -0.1) is 0 Å². The fourth-order valence-electron chi connectivity index (χ4n) is 1.79. The summed E-state index contributed by atoms with van der Waals surface area (Å²) in [5.74, 6) is 0. The van der Waals surface area contributed by atoms with Gasteiger partial charge >= 0.3 is 0 Å². The van der Waals surface area contributed by atoms with Crippen molar-refractivity contribution in [2.75, 3.05) is 0 Å². The van der Waals surface area contributed by atoms with E-state index in [1.54, 1.807) is 0 Å². The van der Waals surface area contributed by atoms with Crippen LogP contribution < -0.4 is 5.32 Å². The summed E-state index contributed by atoms with van der Waals surface area (Å²) in [6.07, 6.45) is 0. The van der Waals surface area contributed by atoms with E-state index in [-0.39, 0.29) is 6.04 Å². The van der Waals surface area contributed by atoms with Gasteiger partial charge in [0.2, 0.25) is 0 Å². The molecule has 0 heterocycles. The summed E-state index contributed by atoms with van der Waals surface area (Å²) in [4.78, 5) is 0. The molecule has 2 rings (SSSR count). The minimum absolute atomic E-state index is 0.242. The van der Waals surface area contributed by atoms with E-state index in [1.165, 1.54) is 5.56 Å². The van der Waals surface area contributed by atoms with Gasteiger partial charge in [-0.05, 0) is 42.3 Å². The summed E-state index contributed by atoms with van der Waals surface area (Å²) in [5.41, 5.74) is 2.31. The Morgan fingerprint density at radius 2 is 1.63 bits per heavy atom. The summed E-state index contributed by atoms with van der Waals surface area (Å²) >= 11 is 17.8. The zero-order chi connectivity index (χ0) is 13.8. The molecule has 0 fully saturated rings. The lowest BCUT2D eigenvalue weighted by Crippen LogP contribution is -2.17. The molecule has 0 aliphatic carbocycles. The van der Waals surface area contributed by atoms with E-state index in [0.29, 0.717) is 10.0 Å². The van der Waals surface area contributed by atoms with Crippen LogP contribution >= 0.6 is 34.8 Å². The van der Waals surface area contributed by atoms with E-state index >= 15 is 0 Å². The van der Waals surface area contributed by atoms with Crippen LogP contribution in [0.15, 0.2) is 42.5 Å². The lowest BCUT2D eigenvalue weighted by molar-refractivity contribution is 0.575. The molecule has 2 aromatic carbocycles. The summed E-state index contributed by atoms with van der Waals surface area (Å²) in [6.45, 7) is 2.85. The third kappa shape index (κ3) is 4.12. The van der Waals surface area contributed by atoms with Crippen LogP contribution in [0.3, 0.4) is 0 Å². The number of halogens is 3. The fraction of sp³-hybridized carbons (Fsp3) is 0.200. The standard InChI is InChI=1S/C15H14Cl3N/c1-10(12-3-5-13(16)6-4-12)19-9-11-2-7-14(17)15(18)8-11/h2-8,10,19H,9H2,1H3/t10-/m0/s1. The molecule has 0 spiro atoms. The van der Waals surface area contributed by atoms with Gasteiger partial charge in [-0.1, -0.05) is 53.0 Å². The number of hydrogen-bond donors (Lipinski definition) is 1. The maximum atomic E-state index is 5.99. The Hall–Kier alpha value is -0.730. The largest absolute Gasteiger partial charge is 0.306 e. The van der Waals surface area contributed by atoms with Crippen LogP contribution in [0.2, 0.25) is 15.1 Å². The topological polar surface area (TPSA) is 12.0 Å². The summed E-state index contributed by atoms with van der Waals surface area (Å²) in [7, 11) is 0. The van der Waals surface area contributed by atoms with Crippen LogP contribution in [0, 0.1) is 0 Å². The van der Waals surface area contributed by atoms with Gasteiger partial charge in [0.15, 0.2) is 0 Å². The monoisotopic (exact) mass is 313 g/mol. The lowest BCUT2D eigenvalue weighted by atomic mass is 10.1. The van der Waals surface area contributed by atoms with Crippen LogP contribution in [0.4, 0.5) is 0 Å². The van der Waals surface area contributed by atoms with Crippen molar-refractivity contribution in [3.63, 3.8) is 0 Å². The Kier molecular flexibility index (Phi) is 5.12. The number of rotatable bonds is 4. The molecular weight excluding hydrogens is 301 g/mol.